The largest absolute Gasteiger partial charge is 0.325 e. The molecule has 2 rings (SSSR count). The van der Waals surface area contributed by atoms with E-state index in [1.54, 1.807) is 13.0 Å². The molecule has 1 atom stereocenters. The van der Waals surface area contributed by atoms with Gasteiger partial charge in [0.1, 0.15) is 0 Å². The van der Waals surface area contributed by atoms with Gasteiger partial charge in [-0.3, -0.25) is 4.79 Å². The van der Waals surface area contributed by atoms with Crippen LogP contribution < -0.4 is 5.32 Å². The summed E-state index contributed by atoms with van der Waals surface area (Å²) in [6.45, 7) is 1.61. The predicted octanol–water partition coefficient (Wildman–Crippen LogP) is 3.33. The highest BCUT2D eigenvalue weighted by molar-refractivity contribution is 8.00. The van der Waals surface area contributed by atoms with E-state index in [1.165, 1.54) is 38.4 Å². The maximum absolute atomic E-state index is 13.2. The lowest BCUT2D eigenvalue weighted by molar-refractivity contribution is -0.115. The summed E-state index contributed by atoms with van der Waals surface area (Å²) in [6.07, 6.45) is 0. The second kappa shape index (κ2) is 8.15. The molecule has 0 aliphatic rings. The van der Waals surface area contributed by atoms with Crippen LogP contribution in [0.15, 0.2) is 52.3 Å². The molecule has 0 saturated carbocycles. The smallest absolute Gasteiger partial charge is 0.242 e. The van der Waals surface area contributed by atoms with Crippen molar-refractivity contribution in [1.29, 1.82) is 0 Å². The van der Waals surface area contributed by atoms with E-state index in [1.807, 2.05) is 0 Å². The second-order valence-electron chi connectivity index (χ2n) is 5.64. The molecule has 0 spiro atoms. The number of carbonyl (C=O) groups is 1. The van der Waals surface area contributed by atoms with Crippen LogP contribution in [0.4, 0.5) is 14.5 Å². The number of nitrogens with one attached hydrogen (secondary N) is 1. The van der Waals surface area contributed by atoms with Crippen LogP contribution in [0.5, 0.6) is 0 Å². The molecular formula is C17H18F2N2O3S2. The highest BCUT2D eigenvalue weighted by Crippen LogP contribution is 2.26. The number of thioether (sulfide) groups is 1. The van der Waals surface area contributed by atoms with Crippen LogP contribution in [-0.2, 0) is 14.8 Å². The van der Waals surface area contributed by atoms with Crippen molar-refractivity contribution in [2.24, 2.45) is 0 Å². The van der Waals surface area contributed by atoms with Gasteiger partial charge in [-0.15, -0.1) is 11.8 Å². The van der Waals surface area contributed by atoms with E-state index in [9.17, 15) is 22.0 Å². The first-order chi connectivity index (χ1) is 12.1. The van der Waals surface area contributed by atoms with Crippen LogP contribution in [0.3, 0.4) is 0 Å². The molecule has 2 aromatic rings. The van der Waals surface area contributed by atoms with Crippen LogP contribution in [0.2, 0.25) is 0 Å². The highest BCUT2D eigenvalue weighted by atomic mass is 32.2. The fraction of sp³-hybridized carbons (Fsp3) is 0.235. The molecular weight excluding hydrogens is 382 g/mol. The third-order valence-corrected chi connectivity index (χ3v) is 6.36. The zero-order valence-corrected chi connectivity index (χ0v) is 16.0. The number of amides is 1. The SMILES string of the molecule is C[C@H](Sc1ccc(F)c(F)c1)C(=O)Nc1cccc(S(=O)(=O)N(C)C)c1. The van der Waals surface area contributed by atoms with E-state index in [0.29, 0.717) is 10.6 Å². The monoisotopic (exact) mass is 400 g/mol. The molecule has 0 aromatic heterocycles. The average Bonchev–Trinajstić information content (AvgIpc) is 2.58. The Bertz CT molecular complexity index is 918. The van der Waals surface area contributed by atoms with Gasteiger partial charge < -0.3 is 5.32 Å². The Balaban J connectivity index is 2.10. The molecule has 1 amide bonds. The predicted molar refractivity (Wildman–Crippen MR) is 97.6 cm³/mol. The number of halogens is 2. The van der Waals surface area contributed by atoms with Gasteiger partial charge in [-0.2, -0.15) is 0 Å². The average molecular weight is 400 g/mol. The third-order valence-electron chi connectivity index (χ3n) is 3.45. The maximum Gasteiger partial charge on any atom is 0.242 e. The number of anilines is 1. The minimum absolute atomic E-state index is 0.0567. The van der Waals surface area contributed by atoms with E-state index < -0.39 is 26.9 Å². The Morgan fingerprint density at radius 1 is 1.12 bits per heavy atom. The normalized spacial score (nSPS) is 12.8. The molecule has 9 heteroatoms. The van der Waals surface area contributed by atoms with Crippen molar-refractivity contribution in [3.63, 3.8) is 0 Å². The van der Waals surface area contributed by atoms with Crippen molar-refractivity contribution < 1.29 is 22.0 Å². The van der Waals surface area contributed by atoms with Crippen LogP contribution in [0.1, 0.15) is 6.92 Å². The molecule has 0 radical (unpaired) electrons. The maximum atomic E-state index is 13.2. The number of rotatable bonds is 6. The first-order valence-electron chi connectivity index (χ1n) is 7.56. The van der Waals surface area contributed by atoms with Gasteiger partial charge in [-0.1, -0.05) is 6.07 Å². The molecule has 0 fully saturated rings. The zero-order valence-electron chi connectivity index (χ0n) is 14.4. The lowest BCUT2D eigenvalue weighted by Gasteiger charge is -2.14. The molecule has 0 aliphatic carbocycles. The van der Waals surface area contributed by atoms with Crippen molar-refractivity contribution in [3.8, 4) is 0 Å². The molecule has 0 unspecified atom stereocenters. The summed E-state index contributed by atoms with van der Waals surface area (Å²) >= 11 is 1.06. The number of carbonyl (C=O) groups excluding carboxylic acids is 1. The molecule has 140 valence electrons. The summed E-state index contributed by atoms with van der Waals surface area (Å²) in [4.78, 5) is 12.8. The zero-order chi connectivity index (χ0) is 19.5. The molecule has 26 heavy (non-hydrogen) atoms. The fourth-order valence-corrected chi connectivity index (χ4v) is 3.84. The standard InChI is InChI=1S/C17H18F2N2O3S2/c1-11(25-13-7-8-15(18)16(19)10-13)17(22)20-12-5-4-6-14(9-12)26(23,24)21(2)3/h4-11H,1-3H3,(H,20,22)/t11-/m0/s1. The number of hydrogen-bond donors (Lipinski definition) is 1. The van der Waals surface area contributed by atoms with Crippen molar-refractivity contribution >= 4 is 33.4 Å². The summed E-state index contributed by atoms with van der Waals surface area (Å²) in [5, 5.41) is 2.03. The number of hydrogen-bond acceptors (Lipinski definition) is 4. The Kier molecular flexibility index (Phi) is 6.38. The van der Waals surface area contributed by atoms with Crippen molar-refractivity contribution in [3.05, 3.63) is 54.1 Å². The van der Waals surface area contributed by atoms with E-state index in [-0.39, 0.29) is 10.8 Å². The first-order valence-corrected chi connectivity index (χ1v) is 9.88. The summed E-state index contributed by atoms with van der Waals surface area (Å²) in [7, 11) is -0.778. The summed E-state index contributed by atoms with van der Waals surface area (Å²) in [5.41, 5.74) is 0.329. The Labute approximate surface area is 155 Å². The van der Waals surface area contributed by atoms with Gasteiger partial charge in [0, 0.05) is 24.7 Å². The number of benzene rings is 2. The van der Waals surface area contributed by atoms with E-state index in [4.69, 9.17) is 0 Å². The number of sulfonamides is 1. The van der Waals surface area contributed by atoms with E-state index >= 15 is 0 Å². The lowest BCUT2D eigenvalue weighted by atomic mass is 10.3. The van der Waals surface area contributed by atoms with Crippen molar-refractivity contribution in [2.45, 2.75) is 22.0 Å². The topological polar surface area (TPSA) is 66.5 Å². The first kappa shape index (κ1) is 20.3. The van der Waals surface area contributed by atoms with Gasteiger partial charge in [-0.25, -0.2) is 21.5 Å². The van der Waals surface area contributed by atoms with Crippen molar-refractivity contribution in [2.75, 3.05) is 19.4 Å². The Morgan fingerprint density at radius 3 is 2.42 bits per heavy atom. The van der Waals surface area contributed by atoms with Gasteiger partial charge in [-0.05, 0) is 43.3 Å². The van der Waals surface area contributed by atoms with Gasteiger partial charge in [0.25, 0.3) is 0 Å². The summed E-state index contributed by atoms with van der Waals surface area (Å²) < 4.78 is 51.6. The quantitative estimate of drug-likeness (QED) is 0.756. The Morgan fingerprint density at radius 2 is 1.81 bits per heavy atom. The minimum atomic E-state index is -3.61. The minimum Gasteiger partial charge on any atom is -0.325 e. The molecule has 0 heterocycles. The molecule has 1 N–H and O–H groups in total. The van der Waals surface area contributed by atoms with Crippen LogP contribution in [0.25, 0.3) is 0 Å². The van der Waals surface area contributed by atoms with Gasteiger partial charge in [0.15, 0.2) is 11.6 Å². The molecule has 0 bridgehead atoms. The van der Waals surface area contributed by atoms with Gasteiger partial charge in [0.05, 0.1) is 10.1 Å². The lowest BCUT2D eigenvalue weighted by Crippen LogP contribution is -2.24. The number of nitrogens with zero attached hydrogens (tertiary/aromatic N) is 1. The van der Waals surface area contributed by atoms with E-state index in [2.05, 4.69) is 5.32 Å². The fourth-order valence-electron chi connectivity index (χ4n) is 2.00. The molecule has 5 nitrogen and oxygen atoms in total. The Hall–Kier alpha value is -1.97. The molecule has 0 saturated heterocycles. The molecule has 0 aliphatic heterocycles. The highest BCUT2D eigenvalue weighted by Gasteiger charge is 2.19. The van der Waals surface area contributed by atoms with Crippen LogP contribution in [-0.4, -0.2) is 38.0 Å². The van der Waals surface area contributed by atoms with E-state index in [0.717, 1.165) is 28.2 Å². The molecule has 2 aromatic carbocycles. The summed E-state index contributed by atoms with van der Waals surface area (Å²) in [6, 6.07) is 9.30. The van der Waals surface area contributed by atoms with Crippen LogP contribution in [0, 0.1) is 11.6 Å². The van der Waals surface area contributed by atoms with Gasteiger partial charge >= 0.3 is 0 Å². The van der Waals surface area contributed by atoms with Gasteiger partial charge in [0.2, 0.25) is 15.9 Å². The summed E-state index contributed by atoms with van der Waals surface area (Å²) in [5.74, 6) is -2.33. The van der Waals surface area contributed by atoms with Crippen molar-refractivity contribution in [1.82, 2.24) is 4.31 Å². The second-order valence-corrected chi connectivity index (χ2v) is 9.21. The van der Waals surface area contributed by atoms with Crippen LogP contribution >= 0.6 is 11.8 Å². The third kappa shape index (κ3) is 4.80.